The van der Waals surface area contributed by atoms with Gasteiger partial charge in [0, 0.05) is 12.6 Å². The van der Waals surface area contributed by atoms with Crippen LogP contribution in [0.5, 0.6) is 5.75 Å². The molecule has 1 aromatic rings. The van der Waals surface area contributed by atoms with Crippen LogP contribution in [0.2, 0.25) is 0 Å². The van der Waals surface area contributed by atoms with E-state index in [0.29, 0.717) is 6.54 Å². The fraction of sp³-hybridized carbons (Fsp3) is 0.571. The SMILES string of the molecule is Cc1ccc(OCC(O)CNC(C)CO)c(C)c1. The molecule has 0 amide bonds. The molecular weight excluding hydrogens is 230 g/mol. The van der Waals surface area contributed by atoms with Gasteiger partial charge in [-0.3, -0.25) is 0 Å². The van der Waals surface area contributed by atoms with E-state index < -0.39 is 6.10 Å². The predicted octanol–water partition coefficient (Wildman–Crippen LogP) is 1.01. The standard InChI is InChI=1S/C14H23NO3/c1-10-4-5-14(11(2)6-10)18-9-13(17)7-15-12(3)8-16/h4-6,12-13,15-17H,7-9H2,1-3H3. The molecule has 102 valence electrons. The number of aliphatic hydroxyl groups is 2. The summed E-state index contributed by atoms with van der Waals surface area (Å²) < 4.78 is 5.57. The number of aliphatic hydroxyl groups excluding tert-OH is 2. The third-order valence-corrected chi connectivity index (χ3v) is 2.74. The van der Waals surface area contributed by atoms with Gasteiger partial charge in [-0.1, -0.05) is 17.7 Å². The minimum absolute atomic E-state index is 0.0132. The summed E-state index contributed by atoms with van der Waals surface area (Å²) in [5, 5.41) is 21.6. The molecule has 0 aliphatic carbocycles. The first kappa shape index (κ1) is 15.0. The monoisotopic (exact) mass is 253 g/mol. The van der Waals surface area contributed by atoms with Gasteiger partial charge in [-0.2, -0.15) is 0 Å². The van der Waals surface area contributed by atoms with Gasteiger partial charge in [-0.25, -0.2) is 0 Å². The van der Waals surface area contributed by atoms with Gasteiger partial charge in [0.1, 0.15) is 18.5 Å². The van der Waals surface area contributed by atoms with Crippen LogP contribution in [0.15, 0.2) is 18.2 Å². The van der Waals surface area contributed by atoms with Crippen molar-refractivity contribution in [2.45, 2.75) is 32.9 Å². The molecule has 1 aromatic carbocycles. The lowest BCUT2D eigenvalue weighted by atomic mass is 10.1. The zero-order valence-electron chi connectivity index (χ0n) is 11.3. The van der Waals surface area contributed by atoms with Crippen molar-refractivity contribution in [1.29, 1.82) is 0 Å². The Morgan fingerprint density at radius 3 is 2.67 bits per heavy atom. The molecule has 0 fully saturated rings. The minimum atomic E-state index is -0.584. The average molecular weight is 253 g/mol. The fourth-order valence-corrected chi connectivity index (χ4v) is 1.61. The van der Waals surface area contributed by atoms with Crippen LogP contribution in [0.1, 0.15) is 18.1 Å². The molecule has 0 aliphatic heterocycles. The second kappa shape index (κ2) is 7.36. The number of ether oxygens (including phenoxy) is 1. The van der Waals surface area contributed by atoms with Gasteiger partial charge in [0.05, 0.1) is 6.61 Å². The van der Waals surface area contributed by atoms with Gasteiger partial charge in [0.2, 0.25) is 0 Å². The number of hydrogen-bond donors (Lipinski definition) is 3. The van der Waals surface area contributed by atoms with E-state index in [9.17, 15) is 5.11 Å². The molecule has 0 saturated heterocycles. The van der Waals surface area contributed by atoms with E-state index in [-0.39, 0.29) is 19.3 Å². The highest BCUT2D eigenvalue weighted by molar-refractivity contribution is 5.35. The maximum atomic E-state index is 9.73. The van der Waals surface area contributed by atoms with Crippen molar-refractivity contribution in [2.75, 3.05) is 19.8 Å². The van der Waals surface area contributed by atoms with Crippen LogP contribution in [0, 0.1) is 13.8 Å². The summed E-state index contributed by atoms with van der Waals surface area (Å²) in [6.45, 7) is 6.59. The number of benzene rings is 1. The molecule has 2 unspecified atom stereocenters. The molecule has 0 saturated carbocycles. The molecule has 0 radical (unpaired) electrons. The van der Waals surface area contributed by atoms with Crippen LogP contribution < -0.4 is 10.1 Å². The molecule has 3 N–H and O–H groups in total. The fourth-order valence-electron chi connectivity index (χ4n) is 1.61. The summed E-state index contributed by atoms with van der Waals surface area (Å²) in [6, 6.07) is 5.94. The molecule has 0 heterocycles. The van der Waals surface area contributed by atoms with Crippen molar-refractivity contribution in [3.05, 3.63) is 29.3 Å². The van der Waals surface area contributed by atoms with E-state index in [1.54, 1.807) is 0 Å². The third-order valence-electron chi connectivity index (χ3n) is 2.74. The first-order valence-electron chi connectivity index (χ1n) is 6.25. The molecule has 0 aliphatic rings. The molecule has 0 aromatic heterocycles. The Balaban J connectivity index is 2.35. The average Bonchev–Trinajstić information content (AvgIpc) is 2.34. The van der Waals surface area contributed by atoms with Gasteiger partial charge >= 0.3 is 0 Å². The van der Waals surface area contributed by atoms with Gasteiger partial charge in [0.25, 0.3) is 0 Å². The van der Waals surface area contributed by atoms with Crippen molar-refractivity contribution in [3.8, 4) is 5.75 Å². The second-order valence-corrected chi connectivity index (χ2v) is 4.73. The Morgan fingerprint density at radius 1 is 1.33 bits per heavy atom. The zero-order valence-corrected chi connectivity index (χ0v) is 11.3. The molecule has 18 heavy (non-hydrogen) atoms. The zero-order chi connectivity index (χ0) is 13.5. The Labute approximate surface area is 109 Å². The van der Waals surface area contributed by atoms with Crippen LogP contribution >= 0.6 is 0 Å². The highest BCUT2D eigenvalue weighted by atomic mass is 16.5. The Kier molecular flexibility index (Phi) is 6.12. The van der Waals surface area contributed by atoms with Gasteiger partial charge < -0.3 is 20.3 Å². The van der Waals surface area contributed by atoms with Crippen LogP contribution in [0.4, 0.5) is 0 Å². The summed E-state index contributed by atoms with van der Waals surface area (Å²) in [5.41, 5.74) is 2.26. The summed E-state index contributed by atoms with van der Waals surface area (Å²) >= 11 is 0. The van der Waals surface area contributed by atoms with Crippen LogP contribution in [0.3, 0.4) is 0 Å². The summed E-state index contributed by atoms with van der Waals surface area (Å²) in [5.74, 6) is 0.801. The van der Waals surface area contributed by atoms with E-state index >= 15 is 0 Å². The molecular formula is C14H23NO3. The van der Waals surface area contributed by atoms with E-state index in [1.165, 1.54) is 5.56 Å². The maximum absolute atomic E-state index is 9.73. The lowest BCUT2D eigenvalue weighted by Crippen LogP contribution is -2.38. The number of rotatable bonds is 7. The normalized spacial score (nSPS) is 14.3. The van der Waals surface area contributed by atoms with Crippen LogP contribution in [0.25, 0.3) is 0 Å². The second-order valence-electron chi connectivity index (χ2n) is 4.73. The lowest BCUT2D eigenvalue weighted by Gasteiger charge is -2.17. The van der Waals surface area contributed by atoms with E-state index in [2.05, 4.69) is 5.32 Å². The summed E-state index contributed by atoms with van der Waals surface area (Å²) in [7, 11) is 0. The smallest absolute Gasteiger partial charge is 0.122 e. The minimum Gasteiger partial charge on any atom is -0.491 e. The Morgan fingerprint density at radius 2 is 2.06 bits per heavy atom. The van der Waals surface area contributed by atoms with Crippen LogP contribution in [-0.2, 0) is 0 Å². The van der Waals surface area contributed by atoms with Crippen LogP contribution in [-0.4, -0.2) is 42.1 Å². The molecule has 2 atom stereocenters. The van der Waals surface area contributed by atoms with E-state index in [1.807, 2.05) is 39.0 Å². The topological polar surface area (TPSA) is 61.7 Å². The van der Waals surface area contributed by atoms with Crippen molar-refractivity contribution < 1.29 is 14.9 Å². The molecule has 0 bridgehead atoms. The van der Waals surface area contributed by atoms with Crippen molar-refractivity contribution >= 4 is 0 Å². The Hall–Kier alpha value is -1.10. The third kappa shape index (κ3) is 5.04. The van der Waals surface area contributed by atoms with Gasteiger partial charge in [-0.15, -0.1) is 0 Å². The highest BCUT2D eigenvalue weighted by Gasteiger charge is 2.08. The number of nitrogens with one attached hydrogen (secondary N) is 1. The number of aryl methyl sites for hydroxylation is 2. The lowest BCUT2D eigenvalue weighted by molar-refractivity contribution is 0.100. The van der Waals surface area contributed by atoms with Crippen molar-refractivity contribution in [2.24, 2.45) is 0 Å². The van der Waals surface area contributed by atoms with Crippen molar-refractivity contribution in [1.82, 2.24) is 5.32 Å². The summed E-state index contributed by atoms with van der Waals surface area (Å²) in [4.78, 5) is 0. The van der Waals surface area contributed by atoms with Gasteiger partial charge in [0.15, 0.2) is 0 Å². The maximum Gasteiger partial charge on any atom is 0.122 e. The van der Waals surface area contributed by atoms with E-state index in [0.717, 1.165) is 11.3 Å². The molecule has 4 nitrogen and oxygen atoms in total. The van der Waals surface area contributed by atoms with Gasteiger partial charge in [-0.05, 0) is 32.4 Å². The molecule has 0 spiro atoms. The van der Waals surface area contributed by atoms with E-state index in [4.69, 9.17) is 9.84 Å². The number of hydrogen-bond acceptors (Lipinski definition) is 4. The largest absolute Gasteiger partial charge is 0.491 e. The highest BCUT2D eigenvalue weighted by Crippen LogP contribution is 2.18. The molecule has 1 rings (SSSR count). The summed E-state index contributed by atoms with van der Waals surface area (Å²) in [6.07, 6.45) is -0.584. The predicted molar refractivity (Wildman–Crippen MR) is 72.0 cm³/mol. The quantitative estimate of drug-likeness (QED) is 0.679. The first-order valence-corrected chi connectivity index (χ1v) is 6.25. The Bertz CT molecular complexity index is 368. The van der Waals surface area contributed by atoms with Crippen molar-refractivity contribution in [3.63, 3.8) is 0 Å². The first-order chi connectivity index (χ1) is 8.52. The molecule has 4 heteroatoms.